The normalized spacial score (nSPS) is 10.8. The maximum absolute atomic E-state index is 11.7. The molecule has 0 amide bonds. The third-order valence-corrected chi connectivity index (χ3v) is 3.59. The Morgan fingerprint density at radius 2 is 2.12 bits per heavy atom. The van der Waals surface area contributed by atoms with Gasteiger partial charge in [0.1, 0.15) is 0 Å². The van der Waals surface area contributed by atoms with E-state index < -0.39 is 0 Å². The molecular formula is C11H13N3O2S. The molecule has 2 heterocycles. The predicted molar refractivity (Wildman–Crippen MR) is 67.6 cm³/mol. The van der Waals surface area contributed by atoms with Crippen LogP contribution in [-0.4, -0.2) is 14.5 Å². The van der Waals surface area contributed by atoms with Crippen LogP contribution >= 0.6 is 11.3 Å². The quantitative estimate of drug-likeness (QED) is 0.874. The topological polar surface area (TPSA) is 67.8 Å². The van der Waals surface area contributed by atoms with Crippen LogP contribution < -0.4 is 11.2 Å². The lowest BCUT2D eigenvalue weighted by Crippen LogP contribution is -2.34. The molecule has 0 spiro atoms. The molecule has 6 heteroatoms. The van der Waals surface area contributed by atoms with Crippen LogP contribution in [0.2, 0.25) is 0 Å². The summed E-state index contributed by atoms with van der Waals surface area (Å²) in [4.78, 5) is 31.2. The first-order valence-electron chi connectivity index (χ1n) is 5.31. The van der Waals surface area contributed by atoms with Crippen LogP contribution in [0.25, 0.3) is 10.6 Å². The van der Waals surface area contributed by atoms with Gasteiger partial charge in [0, 0.05) is 12.6 Å². The molecule has 0 radical (unpaired) electrons. The number of aromatic amines is 1. The molecular weight excluding hydrogens is 238 g/mol. The van der Waals surface area contributed by atoms with Crippen LogP contribution in [0.15, 0.2) is 15.7 Å². The average Bonchev–Trinajstić information content (AvgIpc) is 2.57. The molecule has 1 N–H and O–H groups in total. The van der Waals surface area contributed by atoms with Gasteiger partial charge in [0.05, 0.1) is 21.3 Å². The standard InChI is InChI=1S/C11H13N3O2S/c1-4-14-9(15)5-8(13-11(14)16)10-6(2)12-7(3)17-10/h5H,4H2,1-3H3,(H,13,16). The number of H-pyrrole nitrogens is 1. The number of hydrogen-bond acceptors (Lipinski definition) is 4. The Kier molecular flexibility index (Phi) is 2.97. The molecule has 0 atom stereocenters. The van der Waals surface area contributed by atoms with E-state index in [1.54, 1.807) is 6.92 Å². The van der Waals surface area contributed by atoms with Crippen LogP contribution in [0.1, 0.15) is 17.6 Å². The molecule has 2 rings (SSSR count). The Labute approximate surface area is 102 Å². The Balaban J connectivity index is 2.66. The van der Waals surface area contributed by atoms with Gasteiger partial charge in [0.2, 0.25) is 0 Å². The van der Waals surface area contributed by atoms with Gasteiger partial charge in [0.25, 0.3) is 5.56 Å². The molecule has 5 nitrogen and oxygen atoms in total. The molecule has 0 aliphatic rings. The Hall–Kier alpha value is -1.69. The summed E-state index contributed by atoms with van der Waals surface area (Å²) >= 11 is 1.47. The van der Waals surface area contributed by atoms with Crippen molar-refractivity contribution in [3.05, 3.63) is 37.6 Å². The lowest BCUT2D eigenvalue weighted by Gasteiger charge is -2.02. The first-order valence-corrected chi connectivity index (χ1v) is 6.13. The minimum atomic E-state index is -0.375. The molecule has 2 aromatic heterocycles. The summed E-state index contributed by atoms with van der Waals surface area (Å²) in [5.41, 5.74) is 0.724. The van der Waals surface area contributed by atoms with Crippen LogP contribution in [0.3, 0.4) is 0 Å². The number of nitrogens with zero attached hydrogens (tertiary/aromatic N) is 2. The van der Waals surface area contributed by atoms with E-state index in [2.05, 4.69) is 9.97 Å². The van der Waals surface area contributed by atoms with Crippen molar-refractivity contribution < 1.29 is 0 Å². The summed E-state index contributed by atoms with van der Waals surface area (Å²) in [6.07, 6.45) is 0. The Morgan fingerprint density at radius 3 is 2.59 bits per heavy atom. The van der Waals surface area contributed by atoms with E-state index >= 15 is 0 Å². The number of nitrogens with one attached hydrogen (secondary N) is 1. The van der Waals surface area contributed by atoms with Gasteiger partial charge in [-0.3, -0.25) is 9.36 Å². The highest BCUT2D eigenvalue weighted by molar-refractivity contribution is 7.15. The highest BCUT2D eigenvalue weighted by atomic mass is 32.1. The number of aryl methyl sites for hydroxylation is 2. The largest absolute Gasteiger partial charge is 0.328 e. The number of thiazole rings is 1. The summed E-state index contributed by atoms with van der Waals surface area (Å²) in [7, 11) is 0. The maximum atomic E-state index is 11.7. The van der Waals surface area contributed by atoms with Crippen LogP contribution in [0.4, 0.5) is 0 Å². The summed E-state index contributed by atoms with van der Waals surface area (Å²) in [5.74, 6) is 0. The molecule has 90 valence electrons. The van der Waals surface area contributed by atoms with Gasteiger partial charge in [-0.25, -0.2) is 9.78 Å². The second-order valence-corrected chi connectivity index (χ2v) is 4.92. The minimum absolute atomic E-state index is 0.281. The van der Waals surface area contributed by atoms with E-state index in [1.807, 2.05) is 13.8 Å². The second-order valence-electron chi connectivity index (χ2n) is 3.72. The van der Waals surface area contributed by atoms with E-state index in [1.165, 1.54) is 17.4 Å². The zero-order valence-electron chi connectivity index (χ0n) is 9.90. The van der Waals surface area contributed by atoms with Gasteiger partial charge in [-0.15, -0.1) is 11.3 Å². The van der Waals surface area contributed by atoms with Crippen molar-refractivity contribution in [2.45, 2.75) is 27.3 Å². The van der Waals surface area contributed by atoms with Gasteiger partial charge >= 0.3 is 5.69 Å². The molecule has 17 heavy (non-hydrogen) atoms. The van der Waals surface area contributed by atoms with Crippen molar-refractivity contribution in [1.29, 1.82) is 0 Å². The highest BCUT2D eigenvalue weighted by Crippen LogP contribution is 2.26. The summed E-state index contributed by atoms with van der Waals surface area (Å²) in [5, 5.41) is 0.915. The van der Waals surface area contributed by atoms with E-state index in [9.17, 15) is 9.59 Å². The van der Waals surface area contributed by atoms with Gasteiger partial charge in [-0.2, -0.15) is 0 Å². The third kappa shape index (κ3) is 2.08. The number of rotatable bonds is 2. The molecule has 0 unspecified atom stereocenters. The molecule has 0 bridgehead atoms. The zero-order chi connectivity index (χ0) is 12.6. The van der Waals surface area contributed by atoms with Gasteiger partial charge < -0.3 is 4.98 Å². The third-order valence-electron chi connectivity index (χ3n) is 2.48. The maximum Gasteiger partial charge on any atom is 0.328 e. The molecule has 0 aliphatic heterocycles. The van der Waals surface area contributed by atoms with Crippen LogP contribution in [-0.2, 0) is 6.54 Å². The van der Waals surface area contributed by atoms with E-state index in [0.717, 1.165) is 20.1 Å². The van der Waals surface area contributed by atoms with Crippen molar-refractivity contribution in [2.75, 3.05) is 0 Å². The monoisotopic (exact) mass is 251 g/mol. The van der Waals surface area contributed by atoms with Gasteiger partial charge in [-0.1, -0.05) is 0 Å². The van der Waals surface area contributed by atoms with Crippen LogP contribution in [0, 0.1) is 13.8 Å². The molecule has 0 saturated heterocycles. The number of hydrogen-bond donors (Lipinski definition) is 1. The summed E-state index contributed by atoms with van der Waals surface area (Å²) in [6, 6.07) is 1.45. The van der Waals surface area contributed by atoms with E-state index in [0.29, 0.717) is 12.2 Å². The van der Waals surface area contributed by atoms with Crippen LogP contribution in [0.5, 0.6) is 0 Å². The fourth-order valence-corrected chi connectivity index (χ4v) is 2.61. The van der Waals surface area contributed by atoms with Crippen molar-refractivity contribution >= 4 is 11.3 Å². The van der Waals surface area contributed by atoms with Crippen molar-refractivity contribution in [2.24, 2.45) is 0 Å². The zero-order valence-corrected chi connectivity index (χ0v) is 10.7. The Bertz CT molecular complexity index is 635. The minimum Gasteiger partial charge on any atom is -0.306 e. The second kappa shape index (κ2) is 4.29. The SMILES string of the molecule is CCn1c(=O)cc(-c2sc(C)nc2C)[nH]c1=O. The summed E-state index contributed by atoms with van der Waals surface area (Å²) in [6.45, 7) is 5.89. The lowest BCUT2D eigenvalue weighted by molar-refractivity contribution is 0.674. The summed E-state index contributed by atoms with van der Waals surface area (Å²) < 4.78 is 1.16. The molecule has 0 fully saturated rings. The molecule has 0 aromatic carbocycles. The van der Waals surface area contributed by atoms with Gasteiger partial charge in [0.15, 0.2) is 0 Å². The average molecular weight is 251 g/mol. The van der Waals surface area contributed by atoms with E-state index in [-0.39, 0.29) is 11.2 Å². The number of aromatic nitrogens is 3. The van der Waals surface area contributed by atoms with Crippen molar-refractivity contribution in [3.63, 3.8) is 0 Å². The Morgan fingerprint density at radius 1 is 1.41 bits per heavy atom. The fourth-order valence-electron chi connectivity index (χ4n) is 1.72. The predicted octanol–water partition coefficient (Wildman–Crippen LogP) is 1.30. The first-order chi connectivity index (χ1) is 8.02. The van der Waals surface area contributed by atoms with Gasteiger partial charge in [-0.05, 0) is 20.8 Å². The van der Waals surface area contributed by atoms with E-state index in [4.69, 9.17) is 0 Å². The molecule has 0 aliphatic carbocycles. The molecule has 2 aromatic rings. The fraction of sp³-hybridized carbons (Fsp3) is 0.364. The smallest absolute Gasteiger partial charge is 0.306 e. The van der Waals surface area contributed by atoms with Crippen molar-refractivity contribution in [3.8, 4) is 10.6 Å². The highest BCUT2D eigenvalue weighted by Gasteiger charge is 2.10. The first kappa shape index (κ1) is 11.8. The molecule has 0 saturated carbocycles. The lowest BCUT2D eigenvalue weighted by atomic mass is 10.3. The van der Waals surface area contributed by atoms with Crippen molar-refractivity contribution in [1.82, 2.24) is 14.5 Å².